The van der Waals surface area contributed by atoms with Crippen LogP contribution in [0.3, 0.4) is 0 Å². The first kappa shape index (κ1) is 11.5. The van der Waals surface area contributed by atoms with Crippen molar-refractivity contribution in [3.05, 3.63) is 11.1 Å². The highest BCUT2D eigenvalue weighted by Crippen LogP contribution is 2.18. The fourth-order valence-electron chi connectivity index (χ4n) is 1.77. The van der Waals surface area contributed by atoms with Gasteiger partial charge in [-0.1, -0.05) is 0 Å². The van der Waals surface area contributed by atoms with Gasteiger partial charge >= 0.3 is 0 Å². The standard InChI is InChI=1S/C10H15N3O2S/c1-7(14)11-10-12-8(6-16-10)4-13-3-2-9(15)5-13/h6,9,15H,2-5H2,1H3,(H,11,12,14)/t9-/m1/s1. The topological polar surface area (TPSA) is 65.5 Å². The number of aliphatic hydroxyl groups excluding tert-OH is 1. The van der Waals surface area contributed by atoms with E-state index in [2.05, 4.69) is 15.2 Å². The van der Waals surface area contributed by atoms with E-state index in [0.717, 1.165) is 25.2 Å². The van der Waals surface area contributed by atoms with Gasteiger partial charge in [-0.05, 0) is 6.42 Å². The van der Waals surface area contributed by atoms with Crippen LogP contribution >= 0.6 is 11.3 Å². The Morgan fingerprint density at radius 2 is 2.62 bits per heavy atom. The zero-order chi connectivity index (χ0) is 11.5. The van der Waals surface area contributed by atoms with Crippen molar-refractivity contribution >= 4 is 22.4 Å². The zero-order valence-corrected chi connectivity index (χ0v) is 9.96. The Balaban J connectivity index is 1.90. The van der Waals surface area contributed by atoms with Crippen LogP contribution in [0.1, 0.15) is 19.0 Å². The quantitative estimate of drug-likeness (QED) is 0.816. The molecule has 2 N–H and O–H groups in total. The Morgan fingerprint density at radius 1 is 1.81 bits per heavy atom. The Bertz CT molecular complexity index is 380. The van der Waals surface area contributed by atoms with E-state index in [1.165, 1.54) is 18.3 Å². The summed E-state index contributed by atoms with van der Waals surface area (Å²) in [5, 5.41) is 14.6. The Kier molecular flexibility index (Phi) is 3.52. The number of β-amino-alcohol motifs (C(OH)–C–C–N with tert-alkyl or cyclic N) is 1. The van der Waals surface area contributed by atoms with Crippen LogP contribution in [0.2, 0.25) is 0 Å². The van der Waals surface area contributed by atoms with E-state index in [0.29, 0.717) is 11.7 Å². The minimum atomic E-state index is -0.201. The summed E-state index contributed by atoms with van der Waals surface area (Å²) in [5.41, 5.74) is 0.947. The van der Waals surface area contributed by atoms with Gasteiger partial charge in [0.05, 0.1) is 11.8 Å². The second-order valence-electron chi connectivity index (χ2n) is 4.00. The van der Waals surface area contributed by atoms with Crippen LogP contribution in [0.4, 0.5) is 5.13 Å². The van der Waals surface area contributed by atoms with Crippen molar-refractivity contribution in [1.29, 1.82) is 0 Å². The molecule has 0 spiro atoms. The van der Waals surface area contributed by atoms with Gasteiger partial charge < -0.3 is 10.4 Å². The van der Waals surface area contributed by atoms with Gasteiger partial charge in [-0.3, -0.25) is 9.69 Å². The summed E-state index contributed by atoms with van der Waals surface area (Å²) in [5.74, 6) is -0.0995. The number of anilines is 1. The molecule has 1 aromatic rings. The van der Waals surface area contributed by atoms with Crippen molar-refractivity contribution in [2.24, 2.45) is 0 Å². The lowest BCUT2D eigenvalue weighted by atomic mass is 10.3. The number of thiazole rings is 1. The minimum absolute atomic E-state index is 0.0995. The SMILES string of the molecule is CC(=O)Nc1nc(CN2CC[C@@H](O)C2)cs1. The average Bonchev–Trinajstić information content (AvgIpc) is 2.76. The maximum atomic E-state index is 10.8. The van der Waals surface area contributed by atoms with Crippen molar-refractivity contribution in [3.63, 3.8) is 0 Å². The van der Waals surface area contributed by atoms with Crippen LogP contribution in [0.15, 0.2) is 5.38 Å². The van der Waals surface area contributed by atoms with Crippen molar-refractivity contribution in [1.82, 2.24) is 9.88 Å². The van der Waals surface area contributed by atoms with Crippen molar-refractivity contribution < 1.29 is 9.90 Å². The first-order valence-corrected chi connectivity index (χ1v) is 6.14. The third kappa shape index (κ3) is 3.01. The maximum absolute atomic E-state index is 10.8. The number of carbonyl (C=O) groups excluding carboxylic acids is 1. The number of aromatic nitrogens is 1. The van der Waals surface area contributed by atoms with Crippen LogP contribution in [-0.2, 0) is 11.3 Å². The number of likely N-dealkylation sites (tertiary alicyclic amines) is 1. The van der Waals surface area contributed by atoms with Gasteiger partial charge in [0.15, 0.2) is 5.13 Å². The van der Waals surface area contributed by atoms with Gasteiger partial charge in [0.2, 0.25) is 5.91 Å². The normalized spacial score (nSPS) is 21.2. The van der Waals surface area contributed by atoms with E-state index in [-0.39, 0.29) is 12.0 Å². The van der Waals surface area contributed by atoms with E-state index >= 15 is 0 Å². The molecule has 0 bridgehead atoms. The number of amides is 1. The predicted molar refractivity (Wildman–Crippen MR) is 62.3 cm³/mol. The number of hydrogen-bond acceptors (Lipinski definition) is 5. The highest BCUT2D eigenvalue weighted by Gasteiger charge is 2.20. The summed E-state index contributed by atoms with van der Waals surface area (Å²) >= 11 is 1.43. The lowest BCUT2D eigenvalue weighted by Crippen LogP contribution is -2.21. The van der Waals surface area contributed by atoms with Crippen LogP contribution in [0.5, 0.6) is 0 Å². The predicted octanol–water partition coefficient (Wildman–Crippen LogP) is 0.668. The van der Waals surface area contributed by atoms with Crippen LogP contribution in [-0.4, -0.2) is 40.1 Å². The number of hydrogen-bond donors (Lipinski definition) is 2. The molecule has 1 amide bonds. The molecule has 0 saturated carbocycles. The van der Waals surface area contributed by atoms with E-state index in [4.69, 9.17) is 0 Å². The summed E-state index contributed by atoms with van der Waals surface area (Å²) in [7, 11) is 0. The molecule has 1 fully saturated rings. The van der Waals surface area contributed by atoms with Gasteiger partial charge in [0.1, 0.15) is 0 Å². The lowest BCUT2D eigenvalue weighted by Gasteiger charge is -2.12. The lowest BCUT2D eigenvalue weighted by molar-refractivity contribution is -0.114. The molecule has 2 rings (SSSR count). The molecule has 0 unspecified atom stereocenters. The molecule has 1 saturated heterocycles. The van der Waals surface area contributed by atoms with Crippen molar-refractivity contribution in [2.75, 3.05) is 18.4 Å². The molecule has 16 heavy (non-hydrogen) atoms. The molecule has 6 heteroatoms. The maximum Gasteiger partial charge on any atom is 0.223 e. The van der Waals surface area contributed by atoms with E-state index in [9.17, 15) is 9.90 Å². The van der Waals surface area contributed by atoms with Crippen LogP contribution in [0, 0.1) is 0 Å². The van der Waals surface area contributed by atoms with Gasteiger partial charge in [-0.15, -0.1) is 11.3 Å². The molecule has 0 aromatic carbocycles. The fourth-order valence-corrected chi connectivity index (χ4v) is 2.52. The average molecular weight is 241 g/mol. The summed E-state index contributed by atoms with van der Waals surface area (Å²) < 4.78 is 0. The second-order valence-corrected chi connectivity index (χ2v) is 4.86. The summed E-state index contributed by atoms with van der Waals surface area (Å²) in [6.45, 7) is 3.84. The highest BCUT2D eigenvalue weighted by atomic mass is 32.1. The molecule has 1 aliphatic rings. The van der Waals surface area contributed by atoms with E-state index in [1.54, 1.807) is 0 Å². The first-order chi connectivity index (χ1) is 7.63. The third-order valence-corrected chi connectivity index (χ3v) is 3.27. The molecule has 1 aromatic heterocycles. The second kappa shape index (κ2) is 4.90. The Hall–Kier alpha value is -0.980. The van der Waals surface area contributed by atoms with Gasteiger partial charge in [0, 0.05) is 31.9 Å². The highest BCUT2D eigenvalue weighted by molar-refractivity contribution is 7.13. The Morgan fingerprint density at radius 3 is 3.25 bits per heavy atom. The van der Waals surface area contributed by atoms with E-state index in [1.807, 2.05) is 5.38 Å². The number of rotatable bonds is 3. The monoisotopic (exact) mass is 241 g/mol. The molecule has 0 radical (unpaired) electrons. The minimum Gasteiger partial charge on any atom is -0.392 e. The summed E-state index contributed by atoms with van der Waals surface area (Å²) in [6.07, 6.45) is 0.635. The molecular formula is C10H15N3O2S. The number of nitrogens with one attached hydrogen (secondary N) is 1. The van der Waals surface area contributed by atoms with Crippen molar-refractivity contribution in [2.45, 2.75) is 26.0 Å². The molecule has 2 heterocycles. The molecule has 1 atom stereocenters. The number of nitrogens with zero attached hydrogens (tertiary/aromatic N) is 2. The molecule has 88 valence electrons. The summed E-state index contributed by atoms with van der Waals surface area (Å²) in [4.78, 5) is 17.3. The summed E-state index contributed by atoms with van der Waals surface area (Å²) in [6, 6.07) is 0. The van der Waals surface area contributed by atoms with Gasteiger partial charge in [0.25, 0.3) is 0 Å². The third-order valence-electron chi connectivity index (χ3n) is 2.47. The number of carbonyl (C=O) groups is 1. The molecule has 0 aliphatic carbocycles. The molecule has 5 nitrogen and oxygen atoms in total. The van der Waals surface area contributed by atoms with Gasteiger partial charge in [-0.2, -0.15) is 0 Å². The van der Waals surface area contributed by atoms with Crippen LogP contribution < -0.4 is 5.32 Å². The first-order valence-electron chi connectivity index (χ1n) is 5.26. The smallest absolute Gasteiger partial charge is 0.223 e. The van der Waals surface area contributed by atoms with Gasteiger partial charge in [-0.25, -0.2) is 4.98 Å². The molecule has 1 aliphatic heterocycles. The van der Waals surface area contributed by atoms with Crippen molar-refractivity contribution in [3.8, 4) is 0 Å². The molecular weight excluding hydrogens is 226 g/mol. The van der Waals surface area contributed by atoms with E-state index < -0.39 is 0 Å². The zero-order valence-electron chi connectivity index (χ0n) is 9.14. The van der Waals surface area contributed by atoms with Crippen LogP contribution in [0.25, 0.3) is 0 Å². The number of aliphatic hydroxyl groups is 1. The Labute approximate surface area is 98.1 Å². The largest absolute Gasteiger partial charge is 0.392 e. The fraction of sp³-hybridized carbons (Fsp3) is 0.600.